The van der Waals surface area contributed by atoms with E-state index in [1.165, 1.54) is 0 Å². The number of benzene rings is 2. The Morgan fingerprint density at radius 2 is 1.70 bits per heavy atom. The van der Waals surface area contributed by atoms with Crippen molar-refractivity contribution < 1.29 is 14.3 Å². The Balaban J connectivity index is 1.66. The number of hydrogen-bond donors (Lipinski definition) is 1. The number of ether oxygens (including phenoxy) is 1. The molecule has 23 heavy (non-hydrogen) atoms. The monoisotopic (exact) mass is 307 g/mol. The first-order valence-electron chi connectivity index (χ1n) is 7.45. The number of rotatable bonds is 6. The van der Waals surface area contributed by atoms with Crippen LogP contribution in [0.2, 0.25) is 0 Å². The molecule has 0 saturated heterocycles. The van der Waals surface area contributed by atoms with Gasteiger partial charge in [0.1, 0.15) is 5.75 Å². The second kappa shape index (κ2) is 6.48. The molecule has 0 radical (unpaired) electrons. The van der Waals surface area contributed by atoms with Gasteiger partial charge in [0.05, 0.1) is 7.11 Å². The zero-order chi connectivity index (χ0) is 16.2. The molecule has 0 bridgehead atoms. The fraction of sp³-hybridized carbons (Fsp3) is 0.158. The third-order valence-corrected chi connectivity index (χ3v) is 3.85. The number of nitrogens with one attached hydrogen (secondary N) is 1. The van der Waals surface area contributed by atoms with Crippen molar-refractivity contribution >= 4 is 22.5 Å². The van der Waals surface area contributed by atoms with E-state index >= 15 is 0 Å². The molecule has 0 spiro atoms. The first-order chi connectivity index (χ1) is 11.2. The molecular weight excluding hydrogens is 290 g/mol. The van der Waals surface area contributed by atoms with E-state index in [2.05, 4.69) is 4.98 Å². The van der Waals surface area contributed by atoms with E-state index in [-0.39, 0.29) is 24.4 Å². The third kappa shape index (κ3) is 3.31. The quantitative estimate of drug-likeness (QED) is 0.700. The molecule has 3 rings (SSSR count). The molecule has 0 aliphatic heterocycles. The smallest absolute Gasteiger partial charge is 0.163 e. The number of methoxy groups -OCH3 is 1. The maximum Gasteiger partial charge on any atom is 0.163 e. The number of fused-ring (bicyclic) bond motifs is 1. The summed E-state index contributed by atoms with van der Waals surface area (Å²) in [6, 6.07) is 14.4. The highest BCUT2D eigenvalue weighted by Gasteiger charge is 2.12. The predicted octanol–water partition coefficient (Wildman–Crippen LogP) is 4.02. The van der Waals surface area contributed by atoms with Crippen LogP contribution in [0, 0.1) is 0 Å². The number of hydrogen-bond acceptors (Lipinski definition) is 3. The van der Waals surface area contributed by atoms with E-state index < -0.39 is 0 Å². The minimum Gasteiger partial charge on any atom is -0.497 e. The van der Waals surface area contributed by atoms with E-state index in [9.17, 15) is 9.59 Å². The van der Waals surface area contributed by atoms with Gasteiger partial charge in [-0.2, -0.15) is 0 Å². The van der Waals surface area contributed by atoms with Crippen LogP contribution in [0.5, 0.6) is 5.75 Å². The molecule has 0 aliphatic carbocycles. The first-order valence-corrected chi connectivity index (χ1v) is 7.45. The summed E-state index contributed by atoms with van der Waals surface area (Å²) in [5.74, 6) is 0.560. The highest BCUT2D eigenvalue weighted by Crippen LogP contribution is 2.18. The average molecular weight is 307 g/mol. The number of aromatic nitrogens is 1. The second-order valence-corrected chi connectivity index (χ2v) is 5.36. The average Bonchev–Trinajstić information content (AvgIpc) is 3.07. The van der Waals surface area contributed by atoms with E-state index in [0.717, 1.165) is 10.9 Å². The van der Waals surface area contributed by atoms with Crippen molar-refractivity contribution in [3.8, 4) is 5.75 Å². The molecule has 0 fully saturated rings. The highest BCUT2D eigenvalue weighted by molar-refractivity contribution is 6.03. The number of ketones is 2. The van der Waals surface area contributed by atoms with Gasteiger partial charge < -0.3 is 9.72 Å². The predicted molar refractivity (Wildman–Crippen MR) is 89.2 cm³/mol. The van der Waals surface area contributed by atoms with Crippen LogP contribution in [0.1, 0.15) is 33.6 Å². The number of carbonyl (C=O) groups excluding carboxylic acids is 2. The molecule has 0 atom stereocenters. The Morgan fingerprint density at radius 1 is 0.957 bits per heavy atom. The standard InChI is InChI=1S/C19H17NO3/c1-23-16-4-2-3-14(12-16)18(21)7-8-19(22)15-5-6-17-13(11-15)9-10-20-17/h2-6,9-12,20H,7-8H2,1H3. The molecule has 2 aromatic carbocycles. The lowest BCUT2D eigenvalue weighted by atomic mass is 10.0. The third-order valence-electron chi connectivity index (χ3n) is 3.85. The van der Waals surface area contributed by atoms with Gasteiger partial charge in [0.2, 0.25) is 0 Å². The molecule has 4 heteroatoms. The lowest BCUT2D eigenvalue weighted by Crippen LogP contribution is -2.05. The molecule has 0 saturated carbocycles. The highest BCUT2D eigenvalue weighted by atomic mass is 16.5. The van der Waals surface area contributed by atoms with Gasteiger partial charge >= 0.3 is 0 Å². The molecule has 1 heterocycles. The molecule has 116 valence electrons. The van der Waals surface area contributed by atoms with Gasteiger partial charge in [-0.15, -0.1) is 0 Å². The Labute approximate surface area is 134 Å². The van der Waals surface area contributed by atoms with Gasteiger partial charge in [0.25, 0.3) is 0 Å². The van der Waals surface area contributed by atoms with Crippen LogP contribution in [-0.4, -0.2) is 23.7 Å². The van der Waals surface area contributed by atoms with Gasteiger partial charge in [-0.1, -0.05) is 12.1 Å². The fourth-order valence-corrected chi connectivity index (χ4v) is 2.54. The van der Waals surface area contributed by atoms with Gasteiger partial charge in [0.15, 0.2) is 11.6 Å². The number of aromatic amines is 1. The molecule has 1 N–H and O–H groups in total. The van der Waals surface area contributed by atoms with Crippen LogP contribution in [0.25, 0.3) is 10.9 Å². The normalized spacial score (nSPS) is 10.7. The van der Waals surface area contributed by atoms with Gasteiger partial charge in [-0.3, -0.25) is 9.59 Å². The van der Waals surface area contributed by atoms with Crippen LogP contribution in [0.3, 0.4) is 0 Å². The summed E-state index contributed by atoms with van der Waals surface area (Å²) in [5.41, 5.74) is 2.20. The Hall–Kier alpha value is -2.88. The van der Waals surface area contributed by atoms with Gasteiger partial charge in [-0.25, -0.2) is 0 Å². The molecule has 4 nitrogen and oxygen atoms in total. The van der Waals surface area contributed by atoms with Crippen LogP contribution >= 0.6 is 0 Å². The fourth-order valence-electron chi connectivity index (χ4n) is 2.54. The molecular formula is C19H17NO3. The van der Waals surface area contributed by atoms with E-state index in [4.69, 9.17) is 4.74 Å². The first kappa shape index (κ1) is 15.0. The number of carbonyl (C=O) groups is 2. The van der Waals surface area contributed by atoms with E-state index in [1.54, 1.807) is 37.4 Å². The number of Topliss-reactive ketones (excluding diaryl/α,β-unsaturated/α-hetero) is 2. The van der Waals surface area contributed by atoms with Crippen LogP contribution in [-0.2, 0) is 0 Å². The van der Waals surface area contributed by atoms with Crippen molar-refractivity contribution in [3.05, 3.63) is 65.9 Å². The SMILES string of the molecule is COc1cccc(C(=O)CCC(=O)c2ccc3[nH]ccc3c2)c1. The maximum atomic E-state index is 12.3. The molecule has 0 unspecified atom stereocenters. The van der Waals surface area contributed by atoms with Crippen molar-refractivity contribution in [2.75, 3.05) is 7.11 Å². The molecule has 1 aromatic heterocycles. The summed E-state index contributed by atoms with van der Waals surface area (Å²) < 4.78 is 5.11. The zero-order valence-electron chi connectivity index (χ0n) is 12.8. The summed E-state index contributed by atoms with van der Waals surface area (Å²) in [7, 11) is 1.56. The summed E-state index contributed by atoms with van der Waals surface area (Å²) in [5, 5.41) is 0.995. The largest absolute Gasteiger partial charge is 0.497 e. The lowest BCUT2D eigenvalue weighted by molar-refractivity contribution is 0.0917. The van der Waals surface area contributed by atoms with Crippen molar-refractivity contribution in [2.45, 2.75) is 12.8 Å². The maximum absolute atomic E-state index is 12.3. The molecule has 0 aliphatic rings. The number of H-pyrrole nitrogens is 1. The van der Waals surface area contributed by atoms with Crippen molar-refractivity contribution in [3.63, 3.8) is 0 Å². The van der Waals surface area contributed by atoms with Gasteiger partial charge in [-0.05, 0) is 36.4 Å². The molecule has 3 aromatic rings. The summed E-state index contributed by atoms with van der Waals surface area (Å²) in [6.45, 7) is 0. The summed E-state index contributed by atoms with van der Waals surface area (Å²) in [6.07, 6.45) is 2.23. The van der Waals surface area contributed by atoms with Crippen LogP contribution in [0.4, 0.5) is 0 Å². The van der Waals surface area contributed by atoms with Crippen molar-refractivity contribution in [2.24, 2.45) is 0 Å². The minimum atomic E-state index is -0.0556. The Morgan fingerprint density at radius 3 is 2.43 bits per heavy atom. The zero-order valence-corrected chi connectivity index (χ0v) is 12.8. The topological polar surface area (TPSA) is 59.2 Å². The van der Waals surface area contributed by atoms with Crippen LogP contribution < -0.4 is 4.74 Å². The molecule has 0 amide bonds. The van der Waals surface area contributed by atoms with Crippen LogP contribution in [0.15, 0.2) is 54.7 Å². The van der Waals surface area contributed by atoms with E-state index in [1.807, 2.05) is 24.4 Å². The van der Waals surface area contributed by atoms with E-state index in [0.29, 0.717) is 16.9 Å². The Bertz CT molecular complexity index is 864. The second-order valence-electron chi connectivity index (χ2n) is 5.36. The summed E-state index contributed by atoms with van der Waals surface area (Å²) in [4.78, 5) is 27.6. The van der Waals surface area contributed by atoms with Crippen molar-refractivity contribution in [1.82, 2.24) is 4.98 Å². The Kier molecular flexibility index (Phi) is 4.24. The van der Waals surface area contributed by atoms with Gasteiger partial charge in [0, 0.05) is 41.1 Å². The minimum absolute atomic E-state index is 0.0238. The van der Waals surface area contributed by atoms with Crippen molar-refractivity contribution in [1.29, 1.82) is 0 Å². The summed E-state index contributed by atoms with van der Waals surface area (Å²) >= 11 is 0. The lowest BCUT2D eigenvalue weighted by Gasteiger charge is -2.04.